The molecule has 0 spiro atoms. The molecule has 1 atom stereocenters. The van der Waals surface area contributed by atoms with Crippen molar-refractivity contribution >= 4 is 26.0 Å². The summed E-state index contributed by atoms with van der Waals surface area (Å²) >= 11 is 0. The summed E-state index contributed by atoms with van der Waals surface area (Å²) in [5.41, 5.74) is 0.734. The summed E-state index contributed by atoms with van der Waals surface area (Å²) < 4.78 is 63.9. The van der Waals surface area contributed by atoms with E-state index in [1.807, 2.05) is 0 Å². The van der Waals surface area contributed by atoms with Gasteiger partial charge < -0.3 is 14.8 Å². The molecule has 1 saturated heterocycles. The van der Waals surface area contributed by atoms with Crippen LogP contribution in [0.2, 0.25) is 0 Å². The SMILES string of the molecule is COc1ccc(OC)c(S(=O)(=O)N2CCC[C@H](C(=O)NCc3ccc(S(=O)(=O)N(C)C)cc3)C2)c1. The number of hydrogen-bond donors (Lipinski definition) is 1. The minimum absolute atomic E-state index is 0.00632. The first kappa shape index (κ1) is 26.9. The van der Waals surface area contributed by atoms with Crippen molar-refractivity contribution in [3.8, 4) is 11.5 Å². The Kier molecular flexibility index (Phi) is 8.42. The number of rotatable bonds is 9. The normalized spacial score (nSPS) is 17.2. The maximum absolute atomic E-state index is 13.3. The summed E-state index contributed by atoms with van der Waals surface area (Å²) in [6, 6.07) is 10.8. The van der Waals surface area contributed by atoms with Crippen molar-refractivity contribution in [3.63, 3.8) is 0 Å². The van der Waals surface area contributed by atoms with E-state index in [2.05, 4.69) is 5.32 Å². The van der Waals surface area contributed by atoms with E-state index in [9.17, 15) is 21.6 Å². The summed E-state index contributed by atoms with van der Waals surface area (Å²) in [5.74, 6) is -0.173. The zero-order valence-electron chi connectivity index (χ0n) is 20.2. The molecule has 0 aromatic heterocycles. The van der Waals surface area contributed by atoms with Crippen LogP contribution in [-0.4, -0.2) is 72.8 Å². The highest BCUT2D eigenvalue weighted by molar-refractivity contribution is 7.89. The molecule has 3 rings (SSSR count). The van der Waals surface area contributed by atoms with E-state index >= 15 is 0 Å². The van der Waals surface area contributed by atoms with Gasteiger partial charge in [-0.25, -0.2) is 21.1 Å². The third-order valence-electron chi connectivity index (χ3n) is 5.91. The number of benzene rings is 2. The van der Waals surface area contributed by atoms with Crippen molar-refractivity contribution in [3.05, 3.63) is 48.0 Å². The quantitative estimate of drug-likeness (QED) is 0.528. The molecule has 0 unspecified atom stereocenters. The summed E-state index contributed by atoms with van der Waals surface area (Å²) in [6.07, 6.45) is 1.10. The molecule has 0 radical (unpaired) electrons. The summed E-state index contributed by atoms with van der Waals surface area (Å²) in [5, 5.41) is 2.84. The average Bonchev–Trinajstić information content (AvgIpc) is 2.87. The van der Waals surface area contributed by atoms with E-state index in [-0.39, 0.29) is 34.5 Å². The molecule has 0 aliphatic carbocycles. The molecule has 2 aromatic carbocycles. The Balaban J connectivity index is 1.68. The Morgan fingerprint density at radius 2 is 1.74 bits per heavy atom. The fourth-order valence-corrected chi connectivity index (χ4v) is 6.42. The van der Waals surface area contributed by atoms with Gasteiger partial charge in [-0.05, 0) is 42.7 Å². The lowest BCUT2D eigenvalue weighted by atomic mass is 9.99. The molecule has 1 aliphatic heterocycles. The molecule has 1 heterocycles. The van der Waals surface area contributed by atoms with Gasteiger partial charge in [-0.1, -0.05) is 12.1 Å². The van der Waals surface area contributed by atoms with E-state index in [1.165, 1.54) is 56.9 Å². The largest absolute Gasteiger partial charge is 0.497 e. The third-order valence-corrected chi connectivity index (χ3v) is 9.63. The molecule has 2 aromatic rings. The molecule has 1 fully saturated rings. The molecule has 1 aliphatic rings. The summed E-state index contributed by atoms with van der Waals surface area (Å²) in [7, 11) is -1.67. The maximum Gasteiger partial charge on any atom is 0.246 e. The molecule has 192 valence electrons. The lowest BCUT2D eigenvalue weighted by molar-refractivity contribution is -0.126. The number of methoxy groups -OCH3 is 2. The van der Waals surface area contributed by atoms with Gasteiger partial charge in [0.05, 0.1) is 25.0 Å². The highest BCUT2D eigenvalue weighted by Crippen LogP contribution is 2.32. The van der Waals surface area contributed by atoms with Crippen LogP contribution in [0.4, 0.5) is 0 Å². The van der Waals surface area contributed by atoms with Crippen LogP contribution in [0.5, 0.6) is 11.5 Å². The van der Waals surface area contributed by atoms with Gasteiger partial charge in [-0.3, -0.25) is 4.79 Å². The molecule has 35 heavy (non-hydrogen) atoms. The number of sulfonamides is 2. The number of hydrogen-bond acceptors (Lipinski definition) is 7. The lowest BCUT2D eigenvalue weighted by Crippen LogP contribution is -2.45. The van der Waals surface area contributed by atoms with Crippen molar-refractivity contribution < 1.29 is 31.1 Å². The van der Waals surface area contributed by atoms with Crippen LogP contribution in [-0.2, 0) is 31.4 Å². The van der Waals surface area contributed by atoms with E-state index < -0.39 is 26.0 Å². The Morgan fingerprint density at radius 3 is 2.34 bits per heavy atom. The van der Waals surface area contributed by atoms with Gasteiger partial charge in [0.2, 0.25) is 26.0 Å². The van der Waals surface area contributed by atoms with Crippen molar-refractivity contribution in [2.45, 2.75) is 29.2 Å². The highest BCUT2D eigenvalue weighted by atomic mass is 32.2. The van der Waals surface area contributed by atoms with Crippen LogP contribution in [0.25, 0.3) is 0 Å². The van der Waals surface area contributed by atoms with Crippen molar-refractivity contribution in [1.29, 1.82) is 0 Å². The van der Waals surface area contributed by atoms with E-state index in [0.717, 1.165) is 9.87 Å². The van der Waals surface area contributed by atoms with Crippen LogP contribution in [0.15, 0.2) is 52.3 Å². The van der Waals surface area contributed by atoms with Gasteiger partial charge >= 0.3 is 0 Å². The number of carbonyl (C=O) groups excluding carboxylic acids is 1. The number of nitrogens with zero attached hydrogens (tertiary/aromatic N) is 2. The number of ether oxygens (including phenoxy) is 2. The molecule has 10 nitrogen and oxygen atoms in total. The fourth-order valence-electron chi connectivity index (χ4n) is 3.82. The summed E-state index contributed by atoms with van der Waals surface area (Å²) in [4.78, 5) is 13.0. The average molecular weight is 526 g/mol. The van der Waals surface area contributed by atoms with Crippen molar-refractivity contribution in [2.75, 3.05) is 41.4 Å². The molecule has 0 bridgehead atoms. The van der Waals surface area contributed by atoms with Gasteiger partial charge in [0.25, 0.3) is 0 Å². The number of amides is 1. The zero-order chi connectivity index (χ0) is 25.8. The van der Waals surface area contributed by atoms with Gasteiger partial charge in [-0.2, -0.15) is 4.31 Å². The van der Waals surface area contributed by atoms with E-state index in [0.29, 0.717) is 25.1 Å². The second-order valence-electron chi connectivity index (χ2n) is 8.37. The molecule has 0 saturated carbocycles. The van der Waals surface area contributed by atoms with Gasteiger partial charge in [0.15, 0.2) is 0 Å². The number of piperidine rings is 1. The predicted molar refractivity (Wildman–Crippen MR) is 130 cm³/mol. The van der Waals surface area contributed by atoms with E-state index in [4.69, 9.17) is 9.47 Å². The monoisotopic (exact) mass is 525 g/mol. The molecule has 12 heteroatoms. The fraction of sp³-hybridized carbons (Fsp3) is 0.435. The first-order chi connectivity index (χ1) is 16.5. The molecule has 1 amide bonds. The Bertz CT molecular complexity index is 1260. The van der Waals surface area contributed by atoms with Crippen LogP contribution in [0, 0.1) is 5.92 Å². The van der Waals surface area contributed by atoms with Crippen molar-refractivity contribution in [2.24, 2.45) is 5.92 Å². The zero-order valence-corrected chi connectivity index (χ0v) is 21.9. The minimum Gasteiger partial charge on any atom is -0.497 e. The topological polar surface area (TPSA) is 122 Å². The standard InChI is InChI=1S/C23H31N3O7S2/c1-25(2)34(28,29)20-10-7-17(8-11-20)15-24-23(27)18-6-5-13-26(16-18)35(30,31)22-14-19(32-3)9-12-21(22)33-4/h7-12,14,18H,5-6,13,15-16H2,1-4H3,(H,24,27)/t18-/m0/s1. The Morgan fingerprint density at radius 1 is 1.06 bits per heavy atom. The van der Waals surface area contributed by atoms with Crippen molar-refractivity contribution in [1.82, 2.24) is 13.9 Å². The second kappa shape index (κ2) is 10.9. The number of carbonyl (C=O) groups is 1. The summed E-state index contributed by atoms with van der Waals surface area (Å²) in [6.45, 7) is 0.552. The van der Waals surface area contributed by atoms with E-state index in [1.54, 1.807) is 18.2 Å². The van der Waals surface area contributed by atoms with Crippen LogP contribution < -0.4 is 14.8 Å². The lowest BCUT2D eigenvalue weighted by Gasteiger charge is -2.31. The Labute approximate surface area is 206 Å². The number of nitrogens with one attached hydrogen (secondary N) is 1. The van der Waals surface area contributed by atoms with Crippen LogP contribution in [0.3, 0.4) is 0 Å². The first-order valence-electron chi connectivity index (χ1n) is 11.0. The molecule has 1 N–H and O–H groups in total. The predicted octanol–water partition coefficient (Wildman–Crippen LogP) is 1.67. The Hall–Kier alpha value is -2.67. The van der Waals surface area contributed by atoms with Gasteiger partial charge in [-0.15, -0.1) is 0 Å². The molecular formula is C23H31N3O7S2. The van der Waals surface area contributed by atoms with Gasteiger partial charge in [0, 0.05) is 39.8 Å². The van der Waals surface area contributed by atoms with Crippen LogP contribution in [0.1, 0.15) is 18.4 Å². The smallest absolute Gasteiger partial charge is 0.246 e. The first-order valence-corrected chi connectivity index (χ1v) is 13.9. The highest BCUT2D eigenvalue weighted by Gasteiger charge is 2.35. The van der Waals surface area contributed by atoms with Gasteiger partial charge in [0.1, 0.15) is 16.4 Å². The van der Waals surface area contributed by atoms with Crippen LogP contribution >= 0.6 is 0 Å². The third kappa shape index (κ3) is 5.95. The minimum atomic E-state index is -3.91. The second-order valence-corrected chi connectivity index (χ2v) is 12.4. The molecular weight excluding hydrogens is 494 g/mol. The maximum atomic E-state index is 13.3.